The van der Waals surface area contributed by atoms with E-state index < -0.39 is 0 Å². The van der Waals surface area contributed by atoms with Crippen LogP contribution in [0.25, 0.3) is 10.6 Å². The molecular weight excluding hydrogens is 334 g/mol. The maximum atomic E-state index is 4.38. The summed E-state index contributed by atoms with van der Waals surface area (Å²) >= 11 is 5.26. The monoisotopic (exact) mass is 353 g/mol. The van der Waals surface area contributed by atoms with Gasteiger partial charge in [-0.05, 0) is 37.9 Å². The van der Waals surface area contributed by atoms with Crippen molar-refractivity contribution in [2.45, 2.75) is 39.7 Å². The minimum atomic E-state index is 0.314. The van der Waals surface area contributed by atoms with Gasteiger partial charge in [0.05, 0.1) is 6.04 Å². The highest BCUT2D eigenvalue weighted by Crippen LogP contribution is 2.32. The molecule has 1 atom stereocenters. The Labute approximate surface area is 133 Å². The van der Waals surface area contributed by atoms with E-state index >= 15 is 0 Å². The predicted molar refractivity (Wildman–Crippen MR) is 89.1 cm³/mol. The first-order valence-corrected chi connectivity index (χ1v) is 8.60. The molecule has 3 nitrogen and oxygen atoms in total. The van der Waals surface area contributed by atoms with Crippen molar-refractivity contribution in [3.63, 3.8) is 0 Å². The van der Waals surface area contributed by atoms with Crippen LogP contribution in [0.4, 0.5) is 0 Å². The number of halogens is 1. The second kappa shape index (κ2) is 7.29. The lowest BCUT2D eigenvalue weighted by Crippen LogP contribution is -2.21. The average Bonchev–Trinajstić information content (AvgIpc) is 2.92. The molecule has 20 heavy (non-hydrogen) atoms. The van der Waals surface area contributed by atoms with Gasteiger partial charge in [-0.1, -0.05) is 53.2 Å². The van der Waals surface area contributed by atoms with Gasteiger partial charge in [0, 0.05) is 10.0 Å². The number of aromatic nitrogens is 2. The predicted octanol–water partition coefficient (Wildman–Crippen LogP) is 4.73. The van der Waals surface area contributed by atoms with E-state index in [9.17, 15) is 0 Å². The molecule has 2 rings (SSSR count). The Morgan fingerprint density at radius 3 is 2.80 bits per heavy atom. The molecule has 5 heteroatoms. The molecule has 108 valence electrons. The number of benzene rings is 1. The SMILES string of the molecule is CCCNC(CC)c1nnc(-c2cccc(Br)c2C)s1. The minimum absolute atomic E-state index is 0.314. The van der Waals surface area contributed by atoms with E-state index in [0.717, 1.165) is 39.4 Å². The van der Waals surface area contributed by atoms with E-state index in [0.29, 0.717) is 6.04 Å². The van der Waals surface area contributed by atoms with Crippen molar-refractivity contribution < 1.29 is 0 Å². The topological polar surface area (TPSA) is 37.8 Å². The molecule has 2 aromatic rings. The molecule has 0 aliphatic heterocycles. The third kappa shape index (κ3) is 3.45. The molecule has 1 heterocycles. The Morgan fingerprint density at radius 2 is 2.10 bits per heavy atom. The second-order valence-corrected chi connectivity index (χ2v) is 6.64. The molecule has 0 radical (unpaired) electrons. The maximum Gasteiger partial charge on any atom is 0.148 e. The molecule has 1 unspecified atom stereocenters. The zero-order chi connectivity index (χ0) is 14.5. The Morgan fingerprint density at radius 1 is 1.30 bits per heavy atom. The number of nitrogens with one attached hydrogen (secondary N) is 1. The first-order chi connectivity index (χ1) is 9.67. The summed E-state index contributed by atoms with van der Waals surface area (Å²) in [5.74, 6) is 0. The van der Waals surface area contributed by atoms with Crippen LogP contribution in [0.5, 0.6) is 0 Å². The van der Waals surface area contributed by atoms with Crippen LogP contribution in [0.3, 0.4) is 0 Å². The van der Waals surface area contributed by atoms with Gasteiger partial charge in [0.2, 0.25) is 0 Å². The lowest BCUT2D eigenvalue weighted by atomic mass is 10.1. The molecule has 1 aromatic carbocycles. The molecule has 0 aliphatic carbocycles. The fraction of sp³-hybridized carbons (Fsp3) is 0.467. The highest BCUT2D eigenvalue weighted by Gasteiger charge is 2.16. The summed E-state index contributed by atoms with van der Waals surface area (Å²) in [5, 5.41) is 14.4. The standard InChI is InChI=1S/C15H20BrN3S/c1-4-9-17-13(5-2)15-19-18-14(20-15)11-7-6-8-12(16)10(11)3/h6-8,13,17H,4-5,9H2,1-3H3. The van der Waals surface area contributed by atoms with Crippen molar-refractivity contribution in [3.05, 3.63) is 33.2 Å². The summed E-state index contributed by atoms with van der Waals surface area (Å²) in [4.78, 5) is 0. The molecule has 0 bridgehead atoms. The fourth-order valence-electron chi connectivity index (χ4n) is 2.05. The van der Waals surface area contributed by atoms with E-state index in [2.05, 4.69) is 64.3 Å². The van der Waals surface area contributed by atoms with Crippen LogP contribution in [0.1, 0.15) is 43.3 Å². The van der Waals surface area contributed by atoms with Crippen LogP contribution in [-0.2, 0) is 0 Å². The average molecular weight is 354 g/mol. The van der Waals surface area contributed by atoms with Crippen LogP contribution in [-0.4, -0.2) is 16.7 Å². The van der Waals surface area contributed by atoms with E-state index in [4.69, 9.17) is 0 Å². The van der Waals surface area contributed by atoms with Gasteiger partial charge in [0.1, 0.15) is 10.0 Å². The normalized spacial score (nSPS) is 12.6. The van der Waals surface area contributed by atoms with Gasteiger partial charge in [-0.15, -0.1) is 10.2 Å². The van der Waals surface area contributed by atoms with Crippen LogP contribution < -0.4 is 5.32 Å². The molecule has 0 fully saturated rings. The molecule has 0 saturated heterocycles. The minimum Gasteiger partial charge on any atom is -0.308 e. The first kappa shape index (κ1) is 15.6. The Bertz CT molecular complexity index is 568. The summed E-state index contributed by atoms with van der Waals surface area (Å²) in [6.07, 6.45) is 2.17. The van der Waals surface area contributed by atoms with Crippen molar-refractivity contribution in [1.82, 2.24) is 15.5 Å². The maximum absolute atomic E-state index is 4.38. The van der Waals surface area contributed by atoms with Crippen molar-refractivity contribution in [2.75, 3.05) is 6.54 Å². The Hall–Kier alpha value is -0.780. The van der Waals surface area contributed by atoms with Gasteiger partial charge in [0.25, 0.3) is 0 Å². The van der Waals surface area contributed by atoms with Crippen molar-refractivity contribution in [2.24, 2.45) is 0 Å². The van der Waals surface area contributed by atoms with Crippen molar-refractivity contribution in [1.29, 1.82) is 0 Å². The molecule has 0 aliphatic rings. The van der Waals surface area contributed by atoms with Gasteiger partial charge in [0.15, 0.2) is 0 Å². The number of nitrogens with zero attached hydrogens (tertiary/aromatic N) is 2. The summed E-state index contributed by atoms with van der Waals surface area (Å²) in [5.41, 5.74) is 2.37. The van der Waals surface area contributed by atoms with Crippen molar-refractivity contribution >= 4 is 27.3 Å². The van der Waals surface area contributed by atoms with Gasteiger partial charge in [-0.25, -0.2) is 0 Å². The van der Waals surface area contributed by atoms with Crippen LogP contribution in [0.15, 0.2) is 22.7 Å². The second-order valence-electron chi connectivity index (χ2n) is 4.77. The summed E-state index contributed by atoms with van der Waals surface area (Å²) in [7, 11) is 0. The first-order valence-electron chi connectivity index (χ1n) is 6.99. The quantitative estimate of drug-likeness (QED) is 0.815. The number of hydrogen-bond donors (Lipinski definition) is 1. The lowest BCUT2D eigenvalue weighted by Gasteiger charge is -2.12. The van der Waals surface area contributed by atoms with E-state index in [1.165, 1.54) is 5.56 Å². The number of rotatable bonds is 6. The zero-order valence-electron chi connectivity index (χ0n) is 12.1. The number of hydrogen-bond acceptors (Lipinski definition) is 4. The lowest BCUT2D eigenvalue weighted by molar-refractivity contribution is 0.513. The Balaban J connectivity index is 2.26. The Kier molecular flexibility index (Phi) is 5.69. The van der Waals surface area contributed by atoms with Gasteiger partial charge < -0.3 is 5.32 Å². The van der Waals surface area contributed by atoms with Gasteiger partial charge in [-0.3, -0.25) is 0 Å². The van der Waals surface area contributed by atoms with Gasteiger partial charge in [-0.2, -0.15) is 0 Å². The van der Waals surface area contributed by atoms with E-state index in [1.807, 2.05) is 6.07 Å². The third-order valence-electron chi connectivity index (χ3n) is 3.29. The van der Waals surface area contributed by atoms with Gasteiger partial charge >= 0.3 is 0 Å². The largest absolute Gasteiger partial charge is 0.308 e. The molecule has 0 saturated carbocycles. The highest BCUT2D eigenvalue weighted by atomic mass is 79.9. The van der Waals surface area contributed by atoms with Crippen LogP contribution >= 0.6 is 27.3 Å². The van der Waals surface area contributed by atoms with Crippen molar-refractivity contribution in [3.8, 4) is 10.6 Å². The fourth-order valence-corrected chi connectivity index (χ4v) is 3.50. The van der Waals surface area contributed by atoms with E-state index in [1.54, 1.807) is 11.3 Å². The zero-order valence-corrected chi connectivity index (χ0v) is 14.5. The third-order valence-corrected chi connectivity index (χ3v) is 5.22. The molecule has 0 amide bonds. The summed E-state index contributed by atoms with van der Waals surface area (Å²) in [6, 6.07) is 6.51. The summed E-state index contributed by atoms with van der Waals surface area (Å²) in [6.45, 7) is 7.48. The smallest absolute Gasteiger partial charge is 0.148 e. The van der Waals surface area contributed by atoms with Crippen LogP contribution in [0, 0.1) is 6.92 Å². The van der Waals surface area contributed by atoms with E-state index in [-0.39, 0.29) is 0 Å². The summed E-state index contributed by atoms with van der Waals surface area (Å²) < 4.78 is 1.11. The van der Waals surface area contributed by atoms with Crippen LogP contribution in [0.2, 0.25) is 0 Å². The molecule has 1 N–H and O–H groups in total. The molecular formula is C15H20BrN3S. The molecule has 1 aromatic heterocycles. The highest BCUT2D eigenvalue weighted by molar-refractivity contribution is 9.10. The molecule has 0 spiro atoms.